The number of piperazine rings is 1. The maximum absolute atomic E-state index is 12.7. The molecule has 0 aromatic heterocycles. The van der Waals surface area contributed by atoms with Crippen LogP contribution in [0, 0.1) is 5.92 Å². The van der Waals surface area contributed by atoms with Gasteiger partial charge in [-0.2, -0.15) is 0 Å². The Hall–Kier alpha value is -1.43. The molecule has 2 aliphatic rings. The van der Waals surface area contributed by atoms with Gasteiger partial charge in [0.2, 0.25) is 5.91 Å². The lowest BCUT2D eigenvalue weighted by molar-refractivity contribution is -0.138. The van der Waals surface area contributed by atoms with E-state index in [0.29, 0.717) is 18.5 Å². The maximum atomic E-state index is 12.7. The number of nitrogens with zero attached hydrogens (tertiary/aromatic N) is 2. The van der Waals surface area contributed by atoms with Crippen molar-refractivity contribution in [3.8, 4) is 0 Å². The number of nitrogens with one attached hydrogen (secondary N) is 1. The van der Waals surface area contributed by atoms with Crippen LogP contribution in [0.3, 0.4) is 0 Å². The maximum Gasteiger partial charge on any atom is 0.225 e. The Bertz CT molecular complexity index is 529. The summed E-state index contributed by atoms with van der Waals surface area (Å²) < 4.78 is 0. The van der Waals surface area contributed by atoms with Crippen LogP contribution in [0.15, 0.2) is 30.3 Å². The minimum Gasteiger partial charge on any atom is -0.387 e. The van der Waals surface area contributed by atoms with Crippen LogP contribution in [0.1, 0.15) is 31.4 Å². The number of benzene rings is 1. The lowest BCUT2D eigenvalue weighted by Gasteiger charge is -2.38. The predicted octanol–water partition coefficient (Wildman–Crippen LogP) is 1.25. The first-order valence-corrected chi connectivity index (χ1v) is 9.11. The van der Waals surface area contributed by atoms with E-state index in [0.717, 1.165) is 51.1 Å². The number of aliphatic hydroxyl groups excluding tert-OH is 1. The highest BCUT2D eigenvalue weighted by Crippen LogP contribution is 2.20. The fraction of sp³-hybridized carbons (Fsp3) is 0.632. The fourth-order valence-electron chi connectivity index (χ4n) is 3.79. The zero-order valence-corrected chi connectivity index (χ0v) is 14.5. The molecule has 1 aromatic rings. The molecule has 3 rings (SSSR count). The highest BCUT2D eigenvalue weighted by atomic mass is 16.3. The molecule has 132 valence electrons. The number of aliphatic hydroxyl groups is 1. The third-order valence-corrected chi connectivity index (χ3v) is 5.27. The topological polar surface area (TPSA) is 55.8 Å². The van der Waals surface area contributed by atoms with Crippen molar-refractivity contribution < 1.29 is 9.90 Å². The van der Waals surface area contributed by atoms with Gasteiger partial charge in [0.1, 0.15) is 0 Å². The Morgan fingerprint density at radius 2 is 1.96 bits per heavy atom. The molecule has 0 bridgehead atoms. The third-order valence-electron chi connectivity index (χ3n) is 5.27. The van der Waals surface area contributed by atoms with Gasteiger partial charge in [0.05, 0.1) is 6.10 Å². The molecule has 24 heavy (non-hydrogen) atoms. The quantitative estimate of drug-likeness (QED) is 0.872. The summed E-state index contributed by atoms with van der Waals surface area (Å²) in [7, 11) is 0. The molecule has 0 spiro atoms. The minimum atomic E-state index is -0.460. The fourth-order valence-corrected chi connectivity index (χ4v) is 3.79. The summed E-state index contributed by atoms with van der Waals surface area (Å²) in [5, 5.41) is 13.8. The summed E-state index contributed by atoms with van der Waals surface area (Å²) in [5.41, 5.74) is 0.958. The highest BCUT2D eigenvalue weighted by Gasteiger charge is 2.30. The zero-order valence-electron chi connectivity index (χ0n) is 14.5. The van der Waals surface area contributed by atoms with Gasteiger partial charge in [-0.15, -0.1) is 0 Å². The number of rotatable bonds is 4. The van der Waals surface area contributed by atoms with E-state index in [1.54, 1.807) is 0 Å². The molecule has 1 unspecified atom stereocenters. The number of β-amino-alcohol motifs (C(OH)–C–C–N with tert-alkyl or cyclic N) is 1. The molecule has 2 N–H and O–H groups in total. The molecule has 2 heterocycles. The van der Waals surface area contributed by atoms with Crippen LogP contribution < -0.4 is 5.32 Å². The van der Waals surface area contributed by atoms with Crippen LogP contribution in [0.25, 0.3) is 0 Å². The Morgan fingerprint density at radius 3 is 2.62 bits per heavy atom. The summed E-state index contributed by atoms with van der Waals surface area (Å²) >= 11 is 0. The van der Waals surface area contributed by atoms with Crippen molar-refractivity contribution in [2.75, 3.05) is 39.3 Å². The van der Waals surface area contributed by atoms with Crippen LogP contribution >= 0.6 is 0 Å². The molecular formula is C19H29N3O2. The molecule has 0 aliphatic carbocycles. The van der Waals surface area contributed by atoms with E-state index < -0.39 is 6.10 Å². The summed E-state index contributed by atoms with van der Waals surface area (Å²) in [4.78, 5) is 17.0. The highest BCUT2D eigenvalue weighted by molar-refractivity contribution is 5.79. The van der Waals surface area contributed by atoms with E-state index in [9.17, 15) is 9.90 Å². The van der Waals surface area contributed by atoms with Gasteiger partial charge >= 0.3 is 0 Å². The number of amides is 1. The van der Waals surface area contributed by atoms with Gasteiger partial charge in [-0.1, -0.05) is 30.3 Å². The molecule has 1 aromatic carbocycles. The van der Waals surface area contributed by atoms with Gasteiger partial charge in [-0.25, -0.2) is 0 Å². The normalized spacial score (nSPS) is 27.0. The van der Waals surface area contributed by atoms with Crippen molar-refractivity contribution in [2.45, 2.75) is 31.9 Å². The second-order valence-corrected chi connectivity index (χ2v) is 7.13. The first kappa shape index (κ1) is 17.4. The van der Waals surface area contributed by atoms with Crippen molar-refractivity contribution in [2.24, 2.45) is 5.92 Å². The van der Waals surface area contributed by atoms with E-state index in [1.165, 1.54) is 0 Å². The number of hydrogen-bond acceptors (Lipinski definition) is 4. The van der Waals surface area contributed by atoms with Crippen molar-refractivity contribution in [3.63, 3.8) is 0 Å². The van der Waals surface area contributed by atoms with Gasteiger partial charge in [0.15, 0.2) is 0 Å². The summed E-state index contributed by atoms with van der Waals surface area (Å²) in [6.45, 7) is 6.98. The second kappa shape index (κ2) is 8.10. The second-order valence-electron chi connectivity index (χ2n) is 7.13. The lowest BCUT2D eigenvalue weighted by Crippen LogP contribution is -2.52. The Kier molecular flexibility index (Phi) is 5.87. The zero-order chi connectivity index (χ0) is 16.9. The summed E-state index contributed by atoms with van der Waals surface area (Å²) in [5.74, 6) is 0.509. The van der Waals surface area contributed by atoms with Crippen LogP contribution in [-0.4, -0.2) is 66.1 Å². The molecule has 3 atom stereocenters. The van der Waals surface area contributed by atoms with Crippen molar-refractivity contribution in [3.05, 3.63) is 35.9 Å². The smallest absolute Gasteiger partial charge is 0.225 e. The molecule has 0 saturated carbocycles. The van der Waals surface area contributed by atoms with E-state index in [4.69, 9.17) is 0 Å². The molecule has 2 aliphatic heterocycles. The average Bonchev–Trinajstić information content (AvgIpc) is 2.62. The minimum absolute atomic E-state index is 0.183. The van der Waals surface area contributed by atoms with E-state index >= 15 is 0 Å². The van der Waals surface area contributed by atoms with Crippen molar-refractivity contribution >= 4 is 5.91 Å². The van der Waals surface area contributed by atoms with Crippen molar-refractivity contribution in [1.82, 2.24) is 15.1 Å². The van der Waals surface area contributed by atoms with E-state index in [-0.39, 0.29) is 5.92 Å². The molecule has 0 radical (unpaired) electrons. The van der Waals surface area contributed by atoms with Crippen LogP contribution in [0.2, 0.25) is 0 Å². The first-order valence-electron chi connectivity index (χ1n) is 9.11. The van der Waals surface area contributed by atoms with Crippen LogP contribution in [0.5, 0.6) is 0 Å². The van der Waals surface area contributed by atoms with Gasteiger partial charge < -0.3 is 15.3 Å². The SMILES string of the molecule is C[C@H]1C[C@@H](C(=O)N2CCN(CC(O)c3ccccc3)CC2)CCN1. The van der Waals surface area contributed by atoms with Gasteiger partial charge in [-0.3, -0.25) is 9.69 Å². The molecule has 5 nitrogen and oxygen atoms in total. The largest absolute Gasteiger partial charge is 0.387 e. The Morgan fingerprint density at radius 1 is 1.25 bits per heavy atom. The number of carbonyl (C=O) groups excluding carboxylic acids is 1. The molecular weight excluding hydrogens is 302 g/mol. The standard InChI is InChI=1S/C19H29N3O2/c1-15-13-17(7-8-20-15)19(24)22-11-9-21(10-12-22)14-18(23)16-5-3-2-4-6-16/h2-6,15,17-18,20,23H,7-14H2,1H3/t15-,17-,18?/m0/s1. The van der Waals surface area contributed by atoms with Gasteiger partial charge in [0, 0.05) is 44.7 Å². The number of piperidine rings is 1. The van der Waals surface area contributed by atoms with Crippen molar-refractivity contribution in [1.29, 1.82) is 0 Å². The molecule has 1 amide bonds. The Balaban J connectivity index is 1.46. The summed E-state index contributed by atoms with van der Waals surface area (Å²) in [6.07, 6.45) is 1.45. The monoisotopic (exact) mass is 331 g/mol. The number of hydrogen-bond donors (Lipinski definition) is 2. The van der Waals surface area contributed by atoms with Crippen LogP contribution in [-0.2, 0) is 4.79 Å². The first-order chi connectivity index (χ1) is 11.6. The van der Waals surface area contributed by atoms with E-state index in [1.807, 2.05) is 35.2 Å². The van der Waals surface area contributed by atoms with Gasteiger partial charge in [0.25, 0.3) is 0 Å². The van der Waals surface area contributed by atoms with E-state index in [2.05, 4.69) is 17.1 Å². The van der Waals surface area contributed by atoms with Gasteiger partial charge in [-0.05, 0) is 31.9 Å². The molecule has 5 heteroatoms. The number of carbonyl (C=O) groups is 1. The predicted molar refractivity (Wildman–Crippen MR) is 94.6 cm³/mol. The lowest BCUT2D eigenvalue weighted by atomic mass is 9.92. The average molecular weight is 331 g/mol. The molecule has 2 fully saturated rings. The Labute approximate surface area is 144 Å². The van der Waals surface area contributed by atoms with Crippen LogP contribution in [0.4, 0.5) is 0 Å². The summed E-state index contributed by atoms with van der Waals surface area (Å²) in [6, 6.07) is 10.2. The third kappa shape index (κ3) is 4.35. The molecule has 2 saturated heterocycles.